The fourth-order valence-electron chi connectivity index (χ4n) is 2.71. The molecule has 3 aromatic rings. The van der Waals surface area contributed by atoms with Gasteiger partial charge >= 0.3 is 5.69 Å². The quantitative estimate of drug-likeness (QED) is 0.519. The number of aromatic nitrogens is 2. The van der Waals surface area contributed by atoms with Gasteiger partial charge in [0.15, 0.2) is 12.4 Å². The molecule has 0 bridgehead atoms. The maximum atomic E-state index is 11.9. The number of carbonyl (C=O) groups is 1. The first-order chi connectivity index (χ1) is 12.6. The topological polar surface area (TPSA) is 99.3 Å². The first kappa shape index (κ1) is 17.4. The molecule has 0 aliphatic rings. The number of imidazole rings is 1. The highest BCUT2D eigenvalue weighted by Gasteiger charge is 2.15. The Morgan fingerprint density at radius 1 is 1.23 bits per heavy atom. The number of benzene rings is 2. The zero-order valence-corrected chi connectivity index (χ0v) is 14.2. The van der Waals surface area contributed by atoms with Crippen LogP contribution >= 0.6 is 0 Å². The Balaban J connectivity index is 1.53. The van der Waals surface area contributed by atoms with Crippen LogP contribution in [0.1, 0.15) is 5.82 Å². The van der Waals surface area contributed by atoms with Crippen molar-refractivity contribution in [2.75, 3.05) is 13.2 Å². The molecule has 26 heavy (non-hydrogen) atoms. The van der Waals surface area contributed by atoms with Gasteiger partial charge in [-0.2, -0.15) is 0 Å². The normalized spacial score (nSPS) is 10.7. The summed E-state index contributed by atoms with van der Waals surface area (Å²) in [4.78, 5) is 26.8. The van der Waals surface area contributed by atoms with Gasteiger partial charge in [-0.15, -0.1) is 0 Å². The largest absolute Gasteiger partial charge is 0.477 e. The molecule has 0 aliphatic carbocycles. The number of fused-ring (bicyclic) bond motifs is 1. The molecule has 1 aromatic heterocycles. The zero-order valence-electron chi connectivity index (χ0n) is 14.2. The van der Waals surface area contributed by atoms with Crippen LogP contribution in [-0.4, -0.2) is 33.5 Å². The minimum absolute atomic E-state index is 0.0732. The SMILES string of the molecule is Cc1nc2ccccc2n1CCNC(=O)COc1ccccc1[N+](=O)[O-]. The van der Waals surface area contributed by atoms with Crippen molar-refractivity contribution in [1.82, 2.24) is 14.9 Å². The van der Waals surface area contributed by atoms with E-state index in [1.165, 1.54) is 12.1 Å². The van der Waals surface area contributed by atoms with E-state index in [-0.39, 0.29) is 24.0 Å². The summed E-state index contributed by atoms with van der Waals surface area (Å²) in [7, 11) is 0. The van der Waals surface area contributed by atoms with E-state index in [2.05, 4.69) is 10.3 Å². The van der Waals surface area contributed by atoms with Crippen LogP contribution in [0.25, 0.3) is 11.0 Å². The molecule has 0 atom stereocenters. The van der Waals surface area contributed by atoms with Gasteiger partial charge in [0.1, 0.15) is 5.82 Å². The average Bonchev–Trinajstić information content (AvgIpc) is 2.95. The molecule has 0 radical (unpaired) electrons. The number of rotatable bonds is 7. The van der Waals surface area contributed by atoms with E-state index >= 15 is 0 Å². The Morgan fingerprint density at radius 3 is 2.77 bits per heavy atom. The third-order valence-corrected chi connectivity index (χ3v) is 3.92. The summed E-state index contributed by atoms with van der Waals surface area (Å²) >= 11 is 0. The van der Waals surface area contributed by atoms with Gasteiger partial charge in [0.05, 0.1) is 16.0 Å². The summed E-state index contributed by atoms with van der Waals surface area (Å²) in [5.41, 5.74) is 1.76. The summed E-state index contributed by atoms with van der Waals surface area (Å²) in [5.74, 6) is 0.603. The van der Waals surface area contributed by atoms with Crippen LogP contribution in [0.15, 0.2) is 48.5 Å². The minimum atomic E-state index is -0.541. The Bertz CT molecular complexity index is 951. The molecule has 134 valence electrons. The number of hydrogen-bond acceptors (Lipinski definition) is 5. The highest BCUT2D eigenvalue weighted by atomic mass is 16.6. The number of para-hydroxylation sites is 4. The Hall–Kier alpha value is -3.42. The van der Waals surface area contributed by atoms with E-state index in [4.69, 9.17) is 4.74 Å². The van der Waals surface area contributed by atoms with Crippen LogP contribution < -0.4 is 10.1 Å². The monoisotopic (exact) mass is 354 g/mol. The number of hydrogen-bond donors (Lipinski definition) is 1. The molecule has 0 saturated carbocycles. The smallest absolute Gasteiger partial charge is 0.310 e. The van der Waals surface area contributed by atoms with Crippen LogP contribution in [-0.2, 0) is 11.3 Å². The molecule has 1 amide bonds. The molecule has 0 unspecified atom stereocenters. The van der Waals surface area contributed by atoms with E-state index in [1.807, 2.05) is 35.8 Å². The van der Waals surface area contributed by atoms with Crippen molar-refractivity contribution in [3.8, 4) is 5.75 Å². The Morgan fingerprint density at radius 2 is 1.96 bits per heavy atom. The second-order valence-electron chi connectivity index (χ2n) is 5.66. The Labute approximate surface area is 149 Å². The minimum Gasteiger partial charge on any atom is -0.477 e. The molecule has 0 spiro atoms. The van der Waals surface area contributed by atoms with Crippen molar-refractivity contribution >= 4 is 22.6 Å². The van der Waals surface area contributed by atoms with E-state index < -0.39 is 4.92 Å². The predicted molar refractivity (Wildman–Crippen MR) is 96.1 cm³/mol. The van der Waals surface area contributed by atoms with Crippen molar-refractivity contribution in [1.29, 1.82) is 0 Å². The van der Waals surface area contributed by atoms with E-state index in [0.717, 1.165) is 16.9 Å². The van der Waals surface area contributed by atoms with Gasteiger partial charge in [0.25, 0.3) is 5.91 Å². The third kappa shape index (κ3) is 3.80. The lowest BCUT2D eigenvalue weighted by Crippen LogP contribution is -2.31. The maximum absolute atomic E-state index is 11.9. The number of nitrogens with one attached hydrogen (secondary N) is 1. The molecular weight excluding hydrogens is 336 g/mol. The van der Waals surface area contributed by atoms with Gasteiger partial charge in [-0.3, -0.25) is 14.9 Å². The summed E-state index contributed by atoms with van der Waals surface area (Å²) in [6.07, 6.45) is 0. The van der Waals surface area contributed by atoms with Crippen molar-refractivity contribution in [3.63, 3.8) is 0 Å². The average molecular weight is 354 g/mol. The van der Waals surface area contributed by atoms with Crippen LogP contribution in [0.2, 0.25) is 0 Å². The second kappa shape index (κ2) is 7.64. The van der Waals surface area contributed by atoms with Gasteiger partial charge in [-0.25, -0.2) is 4.98 Å². The molecule has 1 N–H and O–H groups in total. The first-order valence-corrected chi connectivity index (χ1v) is 8.11. The van der Waals surface area contributed by atoms with Gasteiger partial charge in [0, 0.05) is 19.2 Å². The highest BCUT2D eigenvalue weighted by molar-refractivity contribution is 5.78. The van der Waals surface area contributed by atoms with E-state index in [0.29, 0.717) is 13.1 Å². The van der Waals surface area contributed by atoms with Crippen LogP contribution in [0.3, 0.4) is 0 Å². The standard InChI is InChI=1S/C18H18N4O4/c1-13-20-14-6-2-3-7-15(14)21(13)11-10-19-18(23)12-26-17-9-5-4-8-16(17)22(24)25/h2-9H,10-12H2,1H3,(H,19,23). The Kier molecular flexibility index (Phi) is 5.12. The number of carbonyl (C=O) groups excluding carboxylic acids is 1. The third-order valence-electron chi connectivity index (χ3n) is 3.92. The number of nitrogens with zero attached hydrogens (tertiary/aromatic N) is 3. The van der Waals surface area contributed by atoms with Gasteiger partial charge < -0.3 is 14.6 Å². The van der Waals surface area contributed by atoms with Crippen LogP contribution in [0.5, 0.6) is 5.75 Å². The number of nitro benzene ring substituents is 1. The molecule has 2 aromatic carbocycles. The van der Waals surface area contributed by atoms with Crippen molar-refractivity contribution in [2.45, 2.75) is 13.5 Å². The molecule has 3 rings (SSSR count). The highest BCUT2D eigenvalue weighted by Crippen LogP contribution is 2.25. The predicted octanol–water partition coefficient (Wildman–Crippen LogP) is 2.45. The summed E-state index contributed by atoms with van der Waals surface area (Å²) in [6, 6.07) is 13.8. The molecule has 1 heterocycles. The van der Waals surface area contributed by atoms with E-state index in [1.54, 1.807) is 12.1 Å². The lowest BCUT2D eigenvalue weighted by molar-refractivity contribution is -0.385. The van der Waals surface area contributed by atoms with E-state index in [9.17, 15) is 14.9 Å². The number of amides is 1. The number of ether oxygens (including phenoxy) is 1. The fourth-order valence-corrected chi connectivity index (χ4v) is 2.71. The number of aryl methyl sites for hydroxylation is 1. The van der Waals surface area contributed by atoms with Crippen LogP contribution in [0, 0.1) is 17.0 Å². The first-order valence-electron chi connectivity index (χ1n) is 8.11. The van der Waals surface area contributed by atoms with Crippen molar-refractivity contribution in [3.05, 3.63) is 64.5 Å². The van der Waals surface area contributed by atoms with Gasteiger partial charge in [0.2, 0.25) is 0 Å². The zero-order chi connectivity index (χ0) is 18.5. The molecule has 8 nitrogen and oxygen atoms in total. The molecule has 0 aliphatic heterocycles. The molecular formula is C18H18N4O4. The second-order valence-corrected chi connectivity index (χ2v) is 5.66. The summed E-state index contributed by atoms with van der Waals surface area (Å²) < 4.78 is 7.30. The van der Waals surface area contributed by atoms with Crippen molar-refractivity contribution < 1.29 is 14.5 Å². The molecule has 8 heteroatoms. The number of nitro groups is 1. The molecule has 0 saturated heterocycles. The molecule has 0 fully saturated rings. The lowest BCUT2D eigenvalue weighted by Gasteiger charge is -2.10. The maximum Gasteiger partial charge on any atom is 0.310 e. The van der Waals surface area contributed by atoms with Crippen molar-refractivity contribution in [2.24, 2.45) is 0 Å². The summed E-state index contributed by atoms with van der Waals surface area (Å²) in [5, 5.41) is 13.7. The summed E-state index contributed by atoms with van der Waals surface area (Å²) in [6.45, 7) is 2.61. The van der Waals surface area contributed by atoms with Gasteiger partial charge in [-0.05, 0) is 25.1 Å². The van der Waals surface area contributed by atoms with Crippen LogP contribution in [0.4, 0.5) is 5.69 Å². The lowest BCUT2D eigenvalue weighted by atomic mass is 10.3. The fraction of sp³-hybridized carbons (Fsp3) is 0.222. The van der Waals surface area contributed by atoms with Gasteiger partial charge in [-0.1, -0.05) is 24.3 Å².